The summed E-state index contributed by atoms with van der Waals surface area (Å²) in [7, 11) is -11.2. The first-order chi connectivity index (χ1) is 19.1. The normalized spacial score (nSPS) is 28.9. The summed E-state index contributed by atoms with van der Waals surface area (Å²) in [5, 5.41) is 0. The van der Waals surface area contributed by atoms with E-state index in [9.17, 15) is 0 Å². The average Bonchev–Trinajstić information content (AvgIpc) is 2.89. The van der Waals surface area contributed by atoms with Crippen molar-refractivity contribution >= 4 is 34.2 Å². The van der Waals surface area contributed by atoms with Crippen LogP contribution in [0.1, 0.15) is 22.3 Å². The molecule has 208 valence electrons. The van der Waals surface area contributed by atoms with Crippen LogP contribution in [0, 0.1) is 0 Å². The molecule has 4 aromatic carbocycles. The van der Waals surface area contributed by atoms with Crippen molar-refractivity contribution in [1.29, 1.82) is 0 Å². The molecule has 0 spiro atoms. The van der Waals surface area contributed by atoms with Crippen LogP contribution in [0.3, 0.4) is 0 Å². The Morgan fingerprint density at radius 2 is 0.500 bits per heavy atom. The second-order valence-corrected chi connectivity index (χ2v) is 25.3. The van der Waals surface area contributed by atoms with Crippen molar-refractivity contribution in [2.24, 2.45) is 0 Å². The van der Waals surface area contributed by atoms with Gasteiger partial charge in [-0.2, -0.15) is 0 Å². The molecule has 1 heterocycles. The Balaban J connectivity index is 1.56. The first-order valence-corrected chi connectivity index (χ1v) is 24.2. The smallest absolute Gasteiger partial charge is 0.321 e. The highest BCUT2D eigenvalue weighted by Crippen LogP contribution is 2.36. The monoisotopic (exact) mass is 600 g/mol. The summed E-state index contributed by atoms with van der Waals surface area (Å²) in [5.74, 6) is 0. The second kappa shape index (κ2) is 12.2. The molecule has 4 aromatic rings. The lowest BCUT2D eigenvalue weighted by Gasteiger charge is -2.50. The molecule has 0 amide bonds. The maximum atomic E-state index is 7.36. The van der Waals surface area contributed by atoms with E-state index in [0.29, 0.717) is 0 Å². The highest BCUT2D eigenvalue weighted by Gasteiger charge is 2.57. The van der Waals surface area contributed by atoms with Crippen molar-refractivity contribution in [3.63, 3.8) is 0 Å². The van der Waals surface area contributed by atoms with E-state index in [-0.39, 0.29) is 0 Å². The van der Waals surface area contributed by atoms with Gasteiger partial charge in [0, 0.05) is 24.2 Å². The molecule has 0 unspecified atom stereocenters. The van der Waals surface area contributed by atoms with Gasteiger partial charge in [-0.05, 0) is 48.4 Å². The topological polar surface area (TPSA) is 36.9 Å². The van der Waals surface area contributed by atoms with Crippen LogP contribution in [0.15, 0.2) is 121 Å². The van der Waals surface area contributed by atoms with Crippen LogP contribution >= 0.6 is 0 Å². The zero-order valence-corrected chi connectivity index (χ0v) is 28.0. The molecule has 5 rings (SSSR count). The molecule has 0 radical (unpaired) electrons. The summed E-state index contributed by atoms with van der Waals surface area (Å²) < 4.78 is 29.5. The molecule has 1 fully saturated rings. The van der Waals surface area contributed by atoms with E-state index < -0.39 is 34.2 Å². The van der Waals surface area contributed by atoms with Crippen LogP contribution in [0.25, 0.3) is 0 Å². The lowest BCUT2D eigenvalue weighted by Crippen LogP contribution is -2.70. The summed E-state index contributed by atoms with van der Waals surface area (Å²) in [6, 6.07) is 45.4. The van der Waals surface area contributed by atoms with E-state index in [1.807, 2.05) is 0 Å². The van der Waals surface area contributed by atoms with E-state index in [2.05, 4.69) is 148 Å². The first kappa shape index (κ1) is 29.1. The maximum Gasteiger partial charge on any atom is 0.321 e. The van der Waals surface area contributed by atoms with E-state index in [1.165, 1.54) is 22.3 Å². The van der Waals surface area contributed by atoms with Gasteiger partial charge in [0.2, 0.25) is 0 Å². The first-order valence-electron chi connectivity index (χ1n) is 14.1. The average molecular weight is 601 g/mol. The quantitative estimate of drug-likeness (QED) is 0.197. The minimum Gasteiger partial charge on any atom is -0.415 e. The predicted octanol–water partition coefficient (Wildman–Crippen LogP) is 7.48. The van der Waals surface area contributed by atoms with Crippen molar-refractivity contribution in [3.8, 4) is 0 Å². The molecule has 1 aliphatic rings. The van der Waals surface area contributed by atoms with Crippen molar-refractivity contribution in [2.45, 2.75) is 50.4 Å². The largest absolute Gasteiger partial charge is 0.415 e. The van der Waals surface area contributed by atoms with Gasteiger partial charge in [0.05, 0.1) is 0 Å². The summed E-state index contributed by atoms with van der Waals surface area (Å²) in [6.45, 7) is 8.89. The minimum atomic E-state index is -2.80. The molecular formula is C32H40O4Si4. The molecule has 0 saturated carbocycles. The van der Waals surface area contributed by atoms with Crippen LogP contribution in [0.2, 0.25) is 26.2 Å². The zero-order valence-electron chi connectivity index (χ0n) is 24.0. The fraction of sp³-hybridized carbons (Fsp3) is 0.250. The highest BCUT2D eigenvalue weighted by atomic mass is 28.5. The number of benzene rings is 4. The molecule has 0 aliphatic carbocycles. The van der Waals surface area contributed by atoms with Gasteiger partial charge in [-0.3, -0.25) is 0 Å². The van der Waals surface area contributed by atoms with Gasteiger partial charge in [-0.25, -0.2) is 0 Å². The minimum absolute atomic E-state index is 0.756. The van der Waals surface area contributed by atoms with Gasteiger partial charge in [-0.15, -0.1) is 0 Å². The molecular weight excluding hydrogens is 561 g/mol. The van der Waals surface area contributed by atoms with Crippen LogP contribution in [0.5, 0.6) is 0 Å². The summed E-state index contributed by atoms with van der Waals surface area (Å²) in [4.78, 5) is 0. The van der Waals surface area contributed by atoms with Gasteiger partial charge < -0.3 is 16.5 Å². The molecule has 0 N–H and O–H groups in total. The van der Waals surface area contributed by atoms with Crippen LogP contribution < -0.4 is 0 Å². The lowest BCUT2D eigenvalue weighted by atomic mass is 10.2. The third-order valence-corrected chi connectivity index (χ3v) is 25.2. The molecule has 8 heteroatoms. The molecule has 1 saturated heterocycles. The summed E-state index contributed by atoms with van der Waals surface area (Å²) >= 11 is 0. The highest BCUT2D eigenvalue weighted by molar-refractivity contribution is 6.93. The van der Waals surface area contributed by atoms with Gasteiger partial charge in [0.25, 0.3) is 0 Å². The van der Waals surface area contributed by atoms with Crippen molar-refractivity contribution in [1.82, 2.24) is 0 Å². The Morgan fingerprint density at radius 1 is 0.325 bits per heavy atom. The number of hydrogen-bond acceptors (Lipinski definition) is 4. The van der Waals surface area contributed by atoms with Crippen molar-refractivity contribution in [3.05, 3.63) is 144 Å². The Labute approximate surface area is 243 Å². The molecule has 40 heavy (non-hydrogen) atoms. The predicted molar refractivity (Wildman–Crippen MR) is 171 cm³/mol. The Kier molecular flexibility index (Phi) is 8.89. The van der Waals surface area contributed by atoms with Crippen LogP contribution in [0.4, 0.5) is 0 Å². The van der Waals surface area contributed by atoms with E-state index in [4.69, 9.17) is 16.5 Å². The Hall–Kier alpha value is -2.41. The van der Waals surface area contributed by atoms with Crippen molar-refractivity contribution < 1.29 is 16.5 Å². The third kappa shape index (κ3) is 7.86. The van der Waals surface area contributed by atoms with Crippen LogP contribution in [-0.2, 0) is 40.6 Å². The molecule has 0 bridgehead atoms. The number of rotatable bonds is 8. The SMILES string of the molecule is C[Si]1(Cc2ccccc2)O[Si](C)(Cc2ccccc2)O[Si](C)(Cc2ccccc2)O[Si](C)(Cc2ccccc2)O1. The number of hydrogen-bond donors (Lipinski definition) is 0. The fourth-order valence-corrected chi connectivity index (χ4v) is 29.1. The molecule has 1 aliphatic heterocycles. The fourth-order valence-electron chi connectivity index (χ4n) is 6.07. The Bertz CT molecular complexity index is 1140. The summed E-state index contributed by atoms with van der Waals surface area (Å²) in [6.07, 6.45) is 0. The second-order valence-electron chi connectivity index (χ2n) is 11.6. The van der Waals surface area contributed by atoms with Gasteiger partial charge in [0.15, 0.2) is 0 Å². The molecule has 0 aromatic heterocycles. The Morgan fingerprint density at radius 3 is 0.675 bits per heavy atom. The lowest BCUT2D eigenvalue weighted by molar-refractivity contribution is 0.221. The van der Waals surface area contributed by atoms with E-state index >= 15 is 0 Å². The van der Waals surface area contributed by atoms with Crippen molar-refractivity contribution in [2.75, 3.05) is 0 Å². The zero-order chi connectivity index (χ0) is 28.1. The van der Waals surface area contributed by atoms with Gasteiger partial charge >= 0.3 is 34.2 Å². The van der Waals surface area contributed by atoms with Gasteiger partial charge in [0.1, 0.15) is 0 Å². The standard InChI is InChI=1S/C32H40O4Si4/c1-37(25-29-17-9-5-10-18-29)33-38(2,26-30-19-11-6-12-20-30)35-40(4,28-32-23-15-8-16-24-32)36-39(3,34-37)27-31-21-13-7-14-22-31/h5-24H,25-28H2,1-4H3. The third-order valence-electron chi connectivity index (χ3n) is 7.20. The maximum absolute atomic E-state index is 7.36. The van der Waals surface area contributed by atoms with Gasteiger partial charge in [-0.1, -0.05) is 121 Å². The van der Waals surface area contributed by atoms with Crippen LogP contribution in [-0.4, -0.2) is 34.2 Å². The molecule has 4 nitrogen and oxygen atoms in total. The summed E-state index contributed by atoms with van der Waals surface area (Å²) in [5.41, 5.74) is 4.92. The van der Waals surface area contributed by atoms with E-state index in [0.717, 1.165) is 24.2 Å². The molecule has 0 atom stereocenters. The van der Waals surface area contributed by atoms with E-state index in [1.54, 1.807) is 0 Å².